The minimum Gasteiger partial charge on any atom is -0.497 e. The molecule has 166 valence electrons. The molecule has 0 unspecified atom stereocenters. The third-order valence-electron chi connectivity index (χ3n) is 5.07. The van der Waals surface area contributed by atoms with Gasteiger partial charge >= 0.3 is 12.4 Å². The smallest absolute Gasteiger partial charge is 0.438 e. The van der Waals surface area contributed by atoms with Crippen molar-refractivity contribution in [3.63, 3.8) is 0 Å². The van der Waals surface area contributed by atoms with E-state index >= 15 is 0 Å². The molecular weight excluding hydrogens is 430 g/mol. The Morgan fingerprint density at radius 1 is 1.10 bits per heavy atom. The molecule has 1 aliphatic carbocycles. The summed E-state index contributed by atoms with van der Waals surface area (Å²) in [5.41, 5.74) is -5.08. The normalized spacial score (nSPS) is 21.9. The molecule has 1 atom stereocenters. The Kier molecular flexibility index (Phi) is 4.87. The molecule has 1 aromatic heterocycles. The first kappa shape index (κ1) is 21.3. The van der Waals surface area contributed by atoms with Crippen LogP contribution in [-0.2, 0) is 6.18 Å². The summed E-state index contributed by atoms with van der Waals surface area (Å²) in [6.07, 6.45) is -9.86. The number of methoxy groups -OCH3 is 1. The predicted octanol–water partition coefficient (Wildman–Crippen LogP) is 4.40. The van der Waals surface area contributed by atoms with Crippen molar-refractivity contribution in [2.24, 2.45) is 11.0 Å². The third-order valence-corrected chi connectivity index (χ3v) is 5.07. The van der Waals surface area contributed by atoms with Crippen molar-refractivity contribution in [3.05, 3.63) is 36.0 Å². The number of benzene rings is 1. The van der Waals surface area contributed by atoms with Gasteiger partial charge < -0.3 is 9.84 Å². The maximum absolute atomic E-state index is 13.7. The molecule has 12 heteroatoms. The van der Waals surface area contributed by atoms with E-state index in [1.807, 2.05) is 0 Å². The van der Waals surface area contributed by atoms with Gasteiger partial charge in [0.05, 0.1) is 12.8 Å². The van der Waals surface area contributed by atoms with Gasteiger partial charge in [-0.3, -0.25) is 0 Å². The zero-order valence-electron chi connectivity index (χ0n) is 16.0. The van der Waals surface area contributed by atoms with Crippen LogP contribution in [0.15, 0.2) is 35.4 Å². The van der Waals surface area contributed by atoms with Crippen LogP contribution in [-0.4, -0.2) is 39.8 Å². The highest BCUT2D eigenvalue weighted by atomic mass is 19.4. The fourth-order valence-corrected chi connectivity index (χ4v) is 3.25. The van der Waals surface area contributed by atoms with Gasteiger partial charge in [0.25, 0.3) is 5.72 Å². The minimum absolute atomic E-state index is 0.0551. The average Bonchev–Trinajstić information content (AvgIpc) is 3.48. The number of aliphatic hydroxyl groups is 1. The second kappa shape index (κ2) is 7.08. The van der Waals surface area contributed by atoms with Crippen LogP contribution in [0.2, 0.25) is 0 Å². The highest BCUT2D eigenvalue weighted by Gasteiger charge is 2.63. The Morgan fingerprint density at radius 2 is 1.81 bits per heavy atom. The molecule has 1 aliphatic heterocycles. The van der Waals surface area contributed by atoms with Gasteiger partial charge in [0.15, 0.2) is 5.69 Å². The molecule has 0 spiro atoms. The van der Waals surface area contributed by atoms with Crippen molar-refractivity contribution in [1.29, 1.82) is 0 Å². The molecule has 0 amide bonds. The van der Waals surface area contributed by atoms with Gasteiger partial charge in [-0.05, 0) is 37.0 Å². The number of alkyl halides is 6. The molecule has 1 fully saturated rings. The van der Waals surface area contributed by atoms with E-state index in [1.165, 1.54) is 25.3 Å². The molecule has 31 heavy (non-hydrogen) atoms. The van der Waals surface area contributed by atoms with E-state index in [9.17, 15) is 31.4 Å². The molecule has 2 heterocycles. The van der Waals surface area contributed by atoms with Crippen LogP contribution in [0.4, 0.5) is 32.3 Å². The van der Waals surface area contributed by atoms with Crippen molar-refractivity contribution < 1.29 is 36.2 Å². The van der Waals surface area contributed by atoms with Crippen LogP contribution in [0.1, 0.15) is 25.0 Å². The summed E-state index contributed by atoms with van der Waals surface area (Å²) in [4.78, 5) is 7.16. The standard InChI is InChI=1S/C19H16F6N4O2/c1-31-12-4-2-3-11(7-12)13-8-15(18(20,21)22)27-16(26-13)29-17(30,19(23,24)25)9-14(28-29)10-5-6-10/h2-4,7-8,10,30H,5-6,9H2,1H3/t17-/m0/s1. The summed E-state index contributed by atoms with van der Waals surface area (Å²) in [6.45, 7) is 0. The van der Waals surface area contributed by atoms with Gasteiger partial charge in [0, 0.05) is 17.7 Å². The van der Waals surface area contributed by atoms with E-state index in [1.54, 1.807) is 6.07 Å². The maximum Gasteiger partial charge on any atom is 0.438 e. The summed E-state index contributed by atoms with van der Waals surface area (Å²) in [7, 11) is 1.35. The first-order valence-corrected chi connectivity index (χ1v) is 9.20. The molecule has 2 aromatic rings. The Balaban J connectivity index is 1.88. The number of aromatic nitrogens is 2. The van der Waals surface area contributed by atoms with Gasteiger partial charge in [-0.15, -0.1) is 0 Å². The first-order valence-electron chi connectivity index (χ1n) is 9.20. The molecule has 4 rings (SSSR count). The Hall–Kier alpha value is -2.89. The van der Waals surface area contributed by atoms with E-state index in [0.29, 0.717) is 24.7 Å². The van der Waals surface area contributed by atoms with Crippen LogP contribution in [0.25, 0.3) is 11.3 Å². The Bertz CT molecular complexity index is 1030. The number of nitrogens with zero attached hydrogens (tertiary/aromatic N) is 4. The van der Waals surface area contributed by atoms with Gasteiger partial charge in [-0.1, -0.05) is 12.1 Å². The van der Waals surface area contributed by atoms with Gasteiger partial charge in [-0.2, -0.15) is 36.5 Å². The maximum atomic E-state index is 13.7. The quantitative estimate of drug-likeness (QED) is 0.706. The number of hydrogen-bond acceptors (Lipinski definition) is 6. The van der Waals surface area contributed by atoms with Gasteiger partial charge in [-0.25, -0.2) is 9.97 Å². The molecule has 0 saturated heterocycles. The van der Waals surface area contributed by atoms with Gasteiger partial charge in [0.2, 0.25) is 5.95 Å². The van der Waals surface area contributed by atoms with Crippen LogP contribution in [0, 0.1) is 5.92 Å². The van der Waals surface area contributed by atoms with Gasteiger partial charge in [0.1, 0.15) is 5.75 Å². The lowest BCUT2D eigenvalue weighted by molar-refractivity contribution is -0.254. The lowest BCUT2D eigenvalue weighted by Crippen LogP contribution is -2.55. The lowest BCUT2D eigenvalue weighted by Gasteiger charge is -2.32. The van der Waals surface area contributed by atoms with E-state index in [4.69, 9.17) is 4.74 Å². The summed E-state index contributed by atoms with van der Waals surface area (Å²) >= 11 is 0. The third kappa shape index (κ3) is 3.91. The van der Waals surface area contributed by atoms with Crippen molar-refractivity contribution in [2.45, 2.75) is 37.3 Å². The topological polar surface area (TPSA) is 70.8 Å². The zero-order chi connectivity index (χ0) is 22.6. The van der Waals surface area contributed by atoms with Crippen LogP contribution >= 0.6 is 0 Å². The second-order valence-corrected chi connectivity index (χ2v) is 7.34. The van der Waals surface area contributed by atoms with Crippen molar-refractivity contribution in [3.8, 4) is 17.0 Å². The molecule has 0 radical (unpaired) electrons. The van der Waals surface area contributed by atoms with Crippen molar-refractivity contribution in [1.82, 2.24) is 9.97 Å². The predicted molar refractivity (Wildman–Crippen MR) is 97.3 cm³/mol. The lowest BCUT2D eigenvalue weighted by atomic mass is 10.0. The molecule has 0 bridgehead atoms. The number of ether oxygens (including phenoxy) is 1. The molecule has 6 nitrogen and oxygen atoms in total. The molecule has 1 aromatic carbocycles. The first-order chi connectivity index (χ1) is 14.4. The Morgan fingerprint density at radius 3 is 2.39 bits per heavy atom. The van der Waals surface area contributed by atoms with Crippen LogP contribution in [0.3, 0.4) is 0 Å². The second-order valence-electron chi connectivity index (χ2n) is 7.34. The number of halogens is 6. The van der Waals surface area contributed by atoms with E-state index in [-0.39, 0.29) is 27.9 Å². The van der Waals surface area contributed by atoms with E-state index < -0.39 is 36.1 Å². The number of anilines is 1. The fraction of sp³-hybridized carbons (Fsp3) is 0.421. The summed E-state index contributed by atoms with van der Waals surface area (Å²) in [5.74, 6) is -0.932. The van der Waals surface area contributed by atoms with E-state index in [2.05, 4.69) is 15.1 Å². The summed E-state index contributed by atoms with van der Waals surface area (Å²) in [5, 5.41) is 14.3. The minimum atomic E-state index is -5.21. The monoisotopic (exact) mass is 446 g/mol. The SMILES string of the molecule is COc1cccc(-c2cc(C(F)(F)F)nc(N3N=C(C4CC4)C[C@]3(O)C(F)(F)F)n2)c1. The molecule has 1 N–H and O–H groups in total. The van der Waals surface area contributed by atoms with Crippen LogP contribution < -0.4 is 9.75 Å². The molecule has 2 aliphatic rings. The van der Waals surface area contributed by atoms with Crippen LogP contribution in [0.5, 0.6) is 5.75 Å². The summed E-state index contributed by atoms with van der Waals surface area (Å²) in [6, 6.07) is 6.46. The summed E-state index contributed by atoms with van der Waals surface area (Å²) < 4.78 is 86.7. The largest absolute Gasteiger partial charge is 0.497 e. The van der Waals surface area contributed by atoms with Crippen molar-refractivity contribution >= 4 is 11.7 Å². The number of hydrogen-bond donors (Lipinski definition) is 1. The fourth-order valence-electron chi connectivity index (χ4n) is 3.25. The zero-order valence-corrected chi connectivity index (χ0v) is 16.0. The highest BCUT2D eigenvalue weighted by Crippen LogP contribution is 2.47. The average molecular weight is 446 g/mol. The van der Waals surface area contributed by atoms with Crippen molar-refractivity contribution in [2.75, 3.05) is 12.1 Å². The van der Waals surface area contributed by atoms with E-state index in [0.717, 1.165) is 0 Å². The molecule has 1 saturated carbocycles. The highest BCUT2D eigenvalue weighted by molar-refractivity contribution is 5.92. The number of rotatable bonds is 4. The number of hydrazone groups is 1. The molecular formula is C19H16F6N4O2. The Labute approximate surface area is 172 Å².